The number of hydrogen-bond donors (Lipinski definition) is 0. The summed E-state index contributed by atoms with van der Waals surface area (Å²) in [4.78, 5) is 14.4. The smallest absolute Gasteiger partial charge is 0.223 e. The molecule has 1 amide bonds. The summed E-state index contributed by atoms with van der Waals surface area (Å²) in [5.74, 6) is 1.25. The van der Waals surface area contributed by atoms with E-state index in [0.717, 1.165) is 24.9 Å². The van der Waals surface area contributed by atoms with Crippen molar-refractivity contribution in [1.29, 1.82) is 0 Å². The van der Waals surface area contributed by atoms with Crippen LogP contribution in [-0.2, 0) is 4.79 Å². The normalized spacial score (nSPS) is 24.8. The van der Waals surface area contributed by atoms with Gasteiger partial charge in [0, 0.05) is 18.8 Å². The summed E-state index contributed by atoms with van der Waals surface area (Å²) >= 11 is 5.94. The van der Waals surface area contributed by atoms with Crippen LogP contribution in [0.4, 0.5) is 4.39 Å². The van der Waals surface area contributed by atoms with Crippen LogP contribution in [0, 0.1) is 17.7 Å². The van der Waals surface area contributed by atoms with Crippen LogP contribution >= 0.6 is 11.6 Å². The summed E-state index contributed by atoms with van der Waals surface area (Å²) in [5.41, 5.74) is 1.06. The molecule has 0 spiro atoms. The lowest BCUT2D eigenvalue weighted by Gasteiger charge is -2.33. The number of benzene rings is 1. The number of nitrogens with zero attached hydrogens (tertiary/aromatic N) is 1. The van der Waals surface area contributed by atoms with Gasteiger partial charge >= 0.3 is 0 Å². The molecule has 3 rings (SSSR count). The van der Waals surface area contributed by atoms with Crippen molar-refractivity contribution in [2.75, 3.05) is 12.4 Å². The molecule has 0 radical (unpaired) electrons. The quantitative estimate of drug-likeness (QED) is 0.765. The molecule has 2 aliphatic rings. The summed E-state index contributed by atoms with van der Waals surface area (Å²) in [6.07, 6.45) is 5.30. The topological polar surface area (TPSA) is 20.3 Å². The molecule has 4 heteroatoms. The Kier molecular flexibility index (Phi) is 4.48. The molecule has 114 valence electrons. The lowest BCUT2D eigenvalue weighted by Crippen LogP contribution is -2.34. The fraction of sp³-hybridized carbons (Fsp3) is 0.588. The van der Waals surface area contributed by atoms with E-state index in [-0.39, 0.29) is 23.7 Å². The first kappa shape index (κ1) is 14.8. The van der Waals surface area contributed by atoms with Crippen LogP contribution in [0.15, 0.2) is 24.3 Å². The predicted molar refractivity (Wildman–Crippen MR) is 81.6 cm³/mol. The molecule has 21 heavy (non-hydrogen) atoms. The second-order valence-corrected chi connectivity index (χ2v) is 6.62. The highest BCUT2D eigenvalue weighted by Gasteiger charge is 2.39. The van der Waals surface area contributed by atoms with E-state index in [4.69, 9.17) is 11.6 Å². The number of likely N-dealkylation sites (tertiary alicyclic amines) is 1. The Morgan fingerprint density at radius 3 is 2.48 bits per heavy atom. The Morgan fingerprint density at radius 1 is 1.24 bits per heavy atom. The number of rotatable bonds is 4. The minimum atomic E-state index is -0.227. The van der Waals surface area contributed by atoms with E-state index in [1.54, 1.807) is 0 Å². The third kappa shape index (κ3) is 3.08. The fourth-order valence-corrected chi connectivity index (χ4v) is 4.03. The number of carbonyl (C=O) groups is 1. The molecule has 0 N–H and O–H groups in total. The molecule has 2 fully saturated rings. The Labute approximate surface area is 130 Å². The van der Waals surface area contributed by atoms with Crippen LogP contribution in [-0.4, -0.2) is 23.2 Å². The second kappa shape index (κ2) is 6.35. The average Bonchev–Trinajstić information content (AvgIpc) is 3.12. The van der Waals surface area contributed by atoms with Crippen LogP contribution in [0.25, 0.3) is 0 Å². The number of amides is 1. The largest absolute Gasteiger partial charge is 0.335 e. The predicted octanol–water partition coefficient (Wildman–Crippen LogP) is 4.14. The van der Waals surface area contributed by atoms with Crippen molar-refractivity contribution in [3.05, 3.63) is 35.6 Å². The highest BCUT2D eigenvalue weighted by molar-refractivity contribution is 6.18. The highest BCUT2D eigenvalue weighted by Crippen LogP contribution is 2.42. The Bertz CT molecular complexity index is 498. The van der Waals surface area contributed by atoms with Crippen LogP contribution in [0.1, 0.15) is 43.7 Å². The lowest BCUT2D eigenvalue weighted by molar-refractivity contribution is -0.130. The summed E-state index contributed by atoms with van der Waals surface area (Å²) in [7, 11) is 0. The molecule has 0 bridgehead atoms. The zero-order valence-electron chi connectivity index (χ0n) is 12.1. The number of halogens is 2. The van der Waals surface area contributed by atoms with Crippen molar-refractivity contribution in [3.8, 4) is 0 Å². The van der Waals surface area contributed by atoms with Gasteiger partial charge in [-0.3, -0.25) is 4.79 Å². The third-order valence-electron chi connectivity index (χ3n) is 4.85. The zero-order chi connectivity index (χ0) is 14.8. The molecular weight excluding hydrogens is 289 g/mol. The van der Waals surface area contributed by atoms with Crippen molar-refractivity contribution in [3.63, 3.8) is 0 Å². The first-order valence-electron chi connectivity index (χ1n) is 7.80. The van der Waals surface area contributed by atoms with Gasteiger partial charge in [0.15, 0.2) is 0 Å². The molecule has 1 aliphatic heterocycles. The highest BCUT2D eigenvalue weighted by atomic mass is 35.5. The Balaban J connectivity index is 1.89. The Hall–Kier alpha value is -1.09. The van der Waals surface area contributed by atoms with E-state index < -0.39 is 0 Å². The first-order valence-corrected chi connectivity index (χ1v) is 8.33. The van der Waals surface area contributed by atoms with E-state index in [2.05, 4.69) is 0 Å². The molecule has 1 aliphatic carbocycles. The van der Waals surface area contributed by atoms with Gasteiger partial charge in [0.25, 0.3) is 0 Å². The van der Waals surface area contributed by atoms with Gasteiger partial charge in [0.2, 0.25) is 5.91 Å². The van der Waals surface area contributed by atoms with Gasteiger partial charge in [-0.1, -0.05) is 25.0 Å². The zero-order valence-corrected chi connectivity index (χ0v) is 12.9. The van der Waals surface area contributed by atoms with Crippen LogP contribution in [0.2, 0.25) is 0 Å². The molecule has 1 aromatic carbocycles. The van der Waals surface area contributed by atoms with E-state index in [0.29, 0.717) is 18.2 Å². The van der Waals surface area contributed by atoms with E-state index in [1.165, 1.54) is 25.0 Å². The second-order valence-electron chi connectivity index (χ2n) is 6.31. The molecule has 2 atom stereocenters. The molecule has 1 saturated carbocycles. The molecular formula is C17H21ClFNO. The van der Waals surface area contributed by atoms with Gasteiger partial charge < -0.3 is 4.90 Å². The SMILES string of the molecule is O=C1CC(CCl)CN1C(c1ccc(F)cc1)C1CCCC1. The van der Waals surface area contributed by atoms with Crippen molar-refractivity contribution in [2.45, 2.75) is 38.1 Å². The minimum absolute atomic E-state index is 0.0915. The summed E-state index contributed by atoms with van der Waals surface area (Å²) in [5, 5.41) is 0. The summed E-state index contributed by atoms with van der Waals surface area (Å²) < 4.78 is 13.2. The molecule has 2 unspecified atom stereocenters. The average molecular weight is 310 g/mol. The lowest BCUT2D eigenvalue weighted by atomic mass is 9.90. The van der Waals surface area contributed by atoms with Gasteiger partial charge in [-0.05, 0) is 42.4 Å². The maximum Gasteiger partial charge on any atom is 0.223 e. The maximum atomic E-state index is 13.2. The van der Waals surface area contributed by atoms with E-state index in [1.807, 2.05) is 17.0 Å². The van der Waals surface area contributed by atoms with Gasteiger partial charge in [-0.25, -0.2) is 4.39 Å². The van der Waals surface area contributed by atoms with Crippen LogP contribution < -0.4 is 0 Å². The number of carbonyl (C=O) groups excluding carboxylic acids is 1. The van der Waals surface area contributed by atoms with Crippen LogP contribution in [0.3, 0.4) is 0 Å². The van der Waals surface area contributed by atoms with Gasteiger partial charge in [-0.2, -0.15) is 0 Å². The van der Waals surface area contributed by atoms with E-state index >= 15 is 0 Å². The van der Waals surface area contributed by atoms with Crippen molar-refractivity contribution >= 4 is 17.5 Å². The maximum absolute atomic E-state index is 13.2. The molecule has 1 aromatic rings. The Morgan fingerprint density at radius 2 is 1.90 bits per heavy atom. The van der Waals surface area contributed by atoms with Gasteiger partial charge in [0.1, 0.15) is 5.82 Å². The standard InChI is InChI=1S/C17H21ClFNO/c18-10-12-9-16(21)20(11-12)17(13-3-1-2-4-13)14-5-7-15(19)8-6-14/h5-8,12-13,17H,1-4,9-11H2. The van der Waals surface area contributed by atoms with E-state index in [9.17, 15) is 9.18 Å². The molecule has 0 aromatic heterocycles. The van der Waals surface area contributed by atoms with Crippen LogP contribution in [0.5, 0.6) is 0 Å². The molecule has 2 nitrogen and oxygen atoms in total. The summed E-state index contributed by atoms with van der Waals surface area (Å²) in [6.45, 7) is 0.737. The van der Waals surface area contributed by atoms with Gasteiger partial charge in [0.05, 0.1) is 6.04 Å². The van der Waals surface area contributed by atoms with Crippen molar-refractivity contribution < 1.29 is 9.18 Å². The molecule has 1 heterocycles. The minimum Gasteiger partial charge on any atom is -0.335 e. The number of alkyl halides is 1. The number of hydrogen-bond acceptors (Lipinski definition) is 1. The monoisotopic (exact) mass is 309 g/mol. The van der Waals surface area contributed by atoms with Gasteiger partial charge in [-0.15, -0.1) is 11.6 Å². The van der Waals surface area contributed by atoms with Crippen molar-refractivity contribution in [2.24, 2.45) is 11.8 Å². The third-order valence-corrected chi connectivity index (χ3v) is 5.29. The summed E-state index contributed by atoms with van der Waals surface area (Å²) in [6, 6.07) is 6.75. The van der Waals surface area contributed by atoms with Crippen molar-refractivity contribution in [1.82, 2.24) is 4.90 Å². The molecule has 1 saturated heterocycles. The fourth-order valence-electron chi connectivity index (χ4n) is 3.82. The first-order chi connectivity index (χ1) is 10.2.